The molecule has 0 aliphatic rings. The number of carbonyl (C=O) groups is 1. The average Bonchev–Trinajstić information content (AvgIpc) is 2.35. The third kappa shape index (κ3) is 2.53. The summed E-state index contributed by atoms with van der Waals surface area (Å²) in [4.78, 5) is 13.0. The second-order valence-electron chi connectivity index (χ2n) is 4.13. The summed E-state index contributed by atoms with van der Waals surface area (Å²) >= 11 is 0. The zero-order chi connectivity index (χ0) is 12.3. The van der Waals surface area contributed by atoms with Crippen LogP contribution in [0.25, 0.3) is 16.8 Å². The van der Waals surface area contributed by atoms with Gasteiger partial charge in [-0.05, 0) is 22.4 Å². The molecule has 0 saturated heterocycles. The monoisotopic (exact) mass is 225 g/mol. The normalized spacial score (nSPS) is 10.9. The zero-order valence-corrected chi connectivity index (χ0v) is 10.1. The molecule has 2 nitrogen and oxygen atoms in total. The molecule has 1 amide bonds. The summed E-state index contributed by atoms with van der Waals surface area (Å²) in [6.45, 7) is 0. The van der Waals surface area contributed by atoms with Crippen LogP contribution in [0.1, 0.15) is 5.56 Å². The van der Waals surface area contributed by atoms with Gasteiger partial charge in [-0.1, -0.05) is 42.5 Å². The first-order chi connectivity index (χ1) is 8.18. The van der Waals surface area contributed by atoms with E-state index in [9.17, 15) is 4.79 Å². The third-order valence-corrected chi connectivity index (χ3v) is 2.67. The molecule has 86 valence electrons. The Morgan fingerprint density at radius 2 is 1.76 bits per heavy atom. The van der Waals surface area contributed by atoms with Crippen LogP contribution in [0.2, 0.25) is 0 Å². The second kappa shape index (κ2) is 4.83. The molecule has 0 spiro atoms. The minimum atomic E-state index is -0.00191. The highest BCUT2D eigenvalue weighted by atomic mass is 16.2. The van der Waals surface area contributed by atoms with Gasteiger partial charge < -0.3 is 4.90 Å². The Balaban J connectivity index is 2.39. The van der Waals surface area contributed by atoms with E-state index in [1.54, 1.807) is 25.1 Å². The van der Waals surface area contributed by atoms with Crippen molar-refractivity contribution in [2.45, 2.75) is 0 Å². The van der Waals surface area contributed by atoms with Gasteiger partial charge in [-0.3, -0.25) is 4.79 Å². The van der Waals surface area contributed by atoms with Crippen molar-refractivity contribution in [2.24, 2.45) is 0 Å². The maximum absolute atomic E-state index is 11.5. The lowest BCUT2D eigenvalue weighted by molar-refractivity contribution is -0.123. The van der Waals surface area contributed by atoms with Gasteiger partial charge in [0, 0.05) is 20.2 Å². The van der Waals surface area contributed by atoms with Crippen LogP contribution in [0.4, 0.5) is 0 Å². The number of hydrogen-bond donors (Lipinski definition) is 0. The minimum absolute atomic E-state index is 0.00191. The molecule has 0 bridgehead atoms. The van der Waals surface area contributed by atoms with Crippen molar-refractivity contribution < 1.29 is 4.79 Å². The smallest absolute Gasteiger partial charge is 0.246 e. The van der Waals surface area contributed by atoms with Crippen LogP contribution in [0.3, 0.4) is 0 Å². The van der Waals surface area contributed by atoms with Crippen LogP contribution in [-0.4, -0.2) is 24.9 Å². The molecule has 2 rings (SSSR count). The fourth-order valence-corrected chi connectivity index (χ4v) is 1.71. The Morgan fingerprint density at radius 1 is 1.06 bits per heavy atom. The quantitative estimate of drug-likeness (QED) is 0.720. The summed E-state index contributed by atoms with van der Waals surface area (Å²) in [5.74, 6) is -0.00191. The van der Waals surface area contributed by atoms with Crippen molar-refractivity contribution in [3.63, 3.8) is 0 Å². The molecule has 2 aromatic rings. The molecule has 0 unspecified atom stereocenters. The Morgan fingerprint density at radius 3 is 2.53 bits per heavy atom. The first-order valence-corrected chi connectivity index (χ1v) is 5.55. The predicted molar refractivity (Wildman–Crippen MR) is 71.7 cm³/mol. The number of likely N-dealkylation sites (N-methyl/N-ethyl adjacent to an activating group) is 1. The molecule has 0 aliphatic carbocycles. The summed E-state index contributed by atoms with van der Waals surface area (Å²) in [5.41, 5.74) is 1.07. The predicted octanol–water partition coefficient (Wildman–Crippen LogP) is 2.94. The van der Waals surface area contributed by atoms with Crippen LogP contribution in [0, 0.1) is 0 Å². The summed E-state index contributed by atoms with van der Waals surface area (Å²) < 4.78 is 0. The molecule has 0 N–H and O–H groups in total. The first-order valence-electron chi connectivity index (χ1n) is 5.55. The highest BCUT2D eigenvalue weighted by molar-refractivity contribution is 5.96. The highest BCUT2D eigenvalue weighted by Crippen LogP contribution is 2.19. The van der Waals surface area contributed by atoms with Crippen molar-refractivity contribution in [1.82, 2.24) is 4.90 Å². The number of amides is 1. The molecule has 0 aromatic heterocycles. The largest absolute Gasteiger partial charge is 0.345 e. The van der Waals surface area contributed by atoms with E-state index in [1.165, 1.54) is 5.39 Å². The number of rotatable bonds is 2. The zero-order valence-electron chi connectivity index (χ0n) is 10.1. The Bertz CT molecular complexity index is 565. The lowest BCUT2D eigenvalue weighted by Gasteiger charge is -2.06. The van der Waals surface area contributed by atoms with Crippen molar-refractivity contribution in [2.75, 3.05) is 14.1 Å². The molecular weight excluding hydrogens is 210 g/mol. The SMILES string of the molecule is CN(C)C(=O)/C=C/c1cccc2ccccc12. The molecule has 0 aliphatic heterocycles. The third-order valence-electron chi connectivity index (χ3n) is 2.67. The highest BCUT2D eigenvalue weighted by Gasteiger charge is 1.99. The van der Waals surface area contributed by atoms with Gasteiger partial charge >= 0.3 is 0 Å². The van der Waals surface area contributed by atoms with Gasteiger partial charge in [0.1, 0.15) is 0 Å². The van der Waals surface area contributed by atoms with Crippen LogP contribution in [0.15, 0.2) is 48.5 Å². The van der Waals surface area contributed by atoms with E-state index in [0.29, 0.717) is 0 Å². The fourth-order valence-electron chi connectivity index (χ4n) is 1.71. The number of benzene rings is 2. The van der Waals surface area contributed by atoms with Crippen molar-refractivity contribution in [1.29, 1.82) is 0 Å². The summed E-state index contributed by atoms with van der Waals surface area (Å²) in [5, 5.41) is 2.35. The van der Waals surface area contributed by atoms with Gasteiger partial charge in [0.2, 0.25) is 5.91 Å². The number of carbonyl (C=O) groups excluding carboxylic acids is 1. The number of nitrogens with zero attached hydrogens (tertiary/aromatic N) is 1. The van der Waals surface area contributed by atoms with E-state index in [2.05, 4.69) is 18.2 Å². The second-order valence-corrected chi connectivity index (χ2v) is 4.13. The summed E-state index contributed by atoms with van der Waals surface area (Å²) in [6, 6.07) is 14.2. The molecule has 0 atom stereocenters. The van der Waals surface area contributed by atoms with Crippen LogP contribution in [-0.2, 0) is 4.79 Å². The fraction of sp³-hybridized carbons (Fsp3) is 0.133. The first kappa shape index (κ1) is 11.4. The van der Waals surface area contributed by atoms with E-state index in [1.807, 2.05) is 30.3 Å². The van der Waals surface area contributed by atoms with Crippen LogP contribution in [0.5, 0.6) is 0 Å². The molecule has 2 heteroatoms. The minimum Gasteiger partial charge on any atom is -0.345 e. The number of fused-ring (bicyclic) bond motifs is 1. The van der Waals surface area contributed by atoms with E-state index in [4.69, 9.17) is 0 Å². The molecule has 17 heavy (non-hydrogen) atoms. The van der Waals surface area contributed by atoms with E-state index >= 15 is 0 Å². The topological polar surface area (TPSA) is 20.3 Å². The summed E-state index contributed by atoms with van der Waals surface area (Å²) in [6.07, 6.45) is 3.46. The Labute approximate surface area is 101 Å². The standard InChI is InChI=1S/C15H15NO/c1-16(2)15(17)11-10-13-8-5-7-12-6-3-4-9-14(12)13/h3-11H,1-2H3/b11-10+. The number of hydrogen-bond acceptors (Lipinski definition) is 1. The molecule has 2 aromatic carbocycles. The van der Waals surface area contributed by atoms with Crippen molar-refractivity contribution >= 4 is 22.8 Å². The van der Waals surface area contributed by atoms with E-state index in [0.717, 1.165) is 10.9 Å². The van der Waals surface area contributed by atoms with Crippen LogP contribution >= 0.6 is 0 Å². The molecule has 0 saturated carbocycles. The Hall–Kier alpha value is -2.09. The van der Waals surface area contributed by atoms with Crippen LogP contribution < -0.4 is 0 Å². The molecule has 0 heterocycles. The lowest BCUT2D eigenvalue weighted by atomic mass is 10.0. The lowest BCUT2D eigenvalue weighted by Crippen LogP contribution is -2.18. The van der Waals surface area contributed by atoms with Gasteiger partial charge in [0.25, 0.3) is 0 Å². The van der Waals surface area contributed by atoms with Crippen molar-refractivity contribution in [3.05, 3.63) is 54.1 Å². The van der Waals surface area contributed by atoms with E-state index in [-0.39, 0.29) is 5.91 Å². The average molecular weight is 225 g/mol. The van der Waals surface area contributed by atoms with Gasteiger partial charge in [0.15, 0.2) is 0 Å². The van der Waals surface area contributed by atoms with Gasteiger partial charge in [-0.15, -0.1) is 0 Å². The van der Waals surface area contributed by atoms with Gasteiger partial charge in [0.05, 0.1) is 0 Å². The molecular formula is C15H15NO. The maximum atomic E-state index is 11.5. The van der Waals surface area contributed by atoms with Gasteiger partial charge in [-0.25, -0.2) is 0 Å². The van der Waals surface area contributed by atoms with E-state index < -0.39 is 0 Å². The maximum Gasteiger partial charge on any atom is 0.246 e. The summed E-state index contributed by atoms with van der Waals surface area (Å²) in [7, 11) is 3.49. The Kier molecular flexibility index (Phi) is 3.24. The molecule has 0 radical (unpaired) electrons. The molecule has 0 fully saturated rings. The van der Waals surface area contributed by atoms with Crippen molar-refractivity contribution in [3.8, 4) is 0 Å². The van der Waals surface area contributed by atoms with Gasteiger partial charge in [-0.2, -0.15) is 0 Å².